The molecule has 0 bridgehead atoms. The van der Waals surface area contributed by atoms with Crippen molar-refractivity contribution in [1.29, 1.82) is 0 Å². The first-order valence-corrected chi connectivity index (χ1v) is 9.33. The van der Waals surface area contributed by atoms with Gasteiger partial charge in [-0.3, -0.25) is 9.69 Å². The first kappa shape index (κ1) is 15.0. The lowest BCUT2D eigenvalue weighted by atomic mass is 9.82. The van der Waals surface area contributed by atoms with Gasteiger partial charge in [0.05, 0.1) is 5.75 Å². The van der Waals surface area contributed by atoms with E-state index in [0.29, 0.717) is 18.4 Å². The predicted molar refractivity (Wildman–Crippen MR) is 75.9 cm³/mol. The fourth-order valence-corrected chi connectivity index (χ4v) is 4.20. The number of likely N-dealkylation sites (tertiary alicyclic amines) is 1. The summed E-state index contributed by atoms with van der Waals surface area (Å²) in [6, 6.07) is 0.305. The van der Waals surface area contributed by atoms with Gasteiger partial charge in [0, 0.05) is 30.7 Å². The normalized spacial score (nSPS) is 29.8. The monoisotopic (exact) mass is 287 g/mol. The summed E-state index contributed by atoms with van der Waals surface area (Å²) >= 11 is 0. The van der Waals surface area contributed by atoms with E-state index < -0.39 is 9.84 Å². The van der Waals surface area contributed by atoms with E-state index >= 15 is 0 Å². The number of hydrogen-bond acceptors (Lipinski definition) is 4. The molecule has 2 atom stereocenters. The summed E-state index contributed by atoms with van der Waals surface area (Å²) in [7, 11) is -2.90. The molecule has 0 aromatic carbocycles. The Labute approximate surface area is 116 Å². The molecule has 2 fully saturated rings. The molecule has 0 radical (unpaired) electrons. The molecule has 0 spiro atoms. The molecular formula is C14H25NO3S. The van der Waals surface area contributed by atoms with Crippen LogP contribution in [0.4, 0.5) is 0 Å². The molecule has 1 saturated heterocycles. The van der Waals surface area contributed by atoms with Crippen LogP contribution in [0.5, 0.6) is 0 Å². The van der Waals surface area contributed by atoms with Crippen LogP contribution in [0.15, 0.2) is 0 Å². The molecule has 1 aliphatic carbocycles. The minimum absolute atomic E-state index is 0.167. The molecule has 1 aliphatic heterocycles. The van der Waals surface area contributed by atoms with Crippen LogP contribution in [-0.4, -0.2) is 49.7 Å². The summed E-state index contributed by atoms with van der Waals surface area (Å²) in [5, 5.41) is 0. The van der Waals surface area contributed by atoms with Crippen molar-refractivity contribution in [3.63, 3.8) is 0 Å². The van der Waals surface area contributed by atoms with E-state index in [-0.39, 0.29) is 17.4 Å². The summed E-state index contributed by atoms with van der Waals surface area (Å²) in [4.78, 5) is 14.3. The molecular weight excluding hydrogens is 262 g/mol. The smallest absolute Gasteiger partial charge is 0.151 e. The van der Waals surface area contributed by atoms with Gasteiger partial charge >= 0.3 is 0 Å². The fourth-order valence-electron chi connectivity index (χ4n) is 3.40. The van der Waals surface area contributed by atoms with E-state index in [2.05, 4.69) is 4.90 Å². The van der Waals surface area contributed by atoms with Crippen molar-refractivity contribution >= 4 is 15.6 Å². The second kappa shape index (κ2) is 6.35. The van der Waals surface area contributed by atoms with Crippen molar-refractivity contribution in [1.82, 2.24) is 4.90 Å². The van der Waals surface area contributed by atoms with Gasteiger partial charge in [0.25, 0.3) is 0 Å². The van der Waals surface area contributed by atoms with Gasteiger partial charge in [0.2, 0.25) is 0 Å². The van der Waals surface area contributed by atoms with Gasteiger partial charge in [-0.05, 0) is 32.2 Å². The third-order valence-electron chi connectivity index (χ3n) is 4.61. The number of Topliss-reactive ketones (excluding diaryl/α,β-unsaturated/α-hetero) is 1. The molecule has 2 rings (SSSR count). The van der Waals surface area contributed by atoms with E-state index in [1.807, 2.05) is 0 Å². The number of hydrogen-bond donors (Lipinski definition) is 0. The minimum atomic E-state index is -2.90. The highest BCUT2D eigenvalue weighted by Crippen LogP contribution is 2.32. The molecule has 2 unspecified atom stereocenters. The number of carbonyl (C=O) groups is 1. The maximum atomic E-state index is 12.0. The number of nitrogens with zero attached hydrogens (tertiary/aromatic N) is 1. The molecule has 5 heteroatoms. The predicted octanol–water partition coefficient (Wildman–Crippen LogP) is 1.64. The Morgan fingerprint density at radius 2 is 2.00 bits per heavy atom. The van der Waals surface area contributed by atoms with Crippen LogP contribution in [0.1, 0.15) is 45.4 Å². The first-order chi connectivity index (χ1) is 9.03. The van der Waals surface area contributed by atoms with Gasteiger partial charge in [-0.1, -0.05) is 13.3 Å². The summed E-state index contributed by atoms with van der Waals surface area (Å²) in [6.45, 7) is 3.25. The lowest BCUT2D eigenvalue weighted by Crippen LogP contribution is -2.42. The van der Waals surface area contributed by atoms with E-state index in [4.69, 9.17) is 0 Å². The second-order valence-electron chi connectivity index (χ2n) is 5.80. The first-order valence-electron chi connectivity index (χ1n) is 7.50. The molecule has 1 heterocycles. The van der Waals surface area contributed by atoms with Crippen molar-refractivity contribution in [3.05, 3.63) is 0 Å². The Morgan fingerprint density at radius 3 is 2.68 bits per heavy atom. The SMILES string of the molecule is CCS(=O)(=O)CCN1CCCC1C1CCCCC1=O. The zero-order valence-corrected chi connectivity index (χ0v) is 12.6. The van der Waals surface area contributed by atoms with Crippen LogP contribution in [0.25, 0.3) is 0 Å². The van der Waals surface area contributed by atoms with Crippen LogP contribution in [-0.2, 0) is 14.6 Å². The standard InChI is InChI=1S/C14H25NO3S/c1-2-19(17,18)11-10-15-9-5-7-13(15)12-6-3-4-8-14(12)16/h12-13H,2-11H2,1H3. The van der Waals surface area contributed by atoms with Crippen LogP contribution < -0.4 is 0 Å². The van der Waals surface area contributed by atoms with Crippen LogP contribution in [0.3, 0.4) is 0 Å². The minimum Gasteiger partial charge on any atom is -0.299 e. The highest BCUT2D eigenvalue weighted by atomic mass is 32.2. The van der Waals surface area contributed by atoms with Crippen molar-refractivity contribution < 1.29 is 13.2 Å². The molecule has 2 aliphatic rings. The van der Waals surface area contributed by atoms with Gasteiger partial charge in [0.15, 0.2) is 9.84 Å². The average Bonchev–Trinajstić information content (AvgIpc) is 2.85. The van der Waals surface area contributed by atoms with Crippen LogP contribution in [0, 0.1) is 5.92 Å². The molecule has 0 aromatic rings. The second-order valence-corrected chi connectivity index (χ2v) is 8.27. The number of sulfone groups is 1. The number of rotatable bonds is 5. The molecule has 1 saturated carbocycles. The lowest BCUT2D eigenvalue weighted by Gasteiger charge is -2.33. The van der Waals surface area contributed by atoms with Crippen LogP contribution in [0.2, 0.25) is 0 Å². The van der Waals surface area contributed by atoms with E-state index in [1.54, 1.807) is 6.92 Å². The van der Waals surface area contributed by atoms with Gasteiger partial charge < -0.3 is 0 Å². The molecule has 19 heavy (non-hydrogen) atoms. The number of ketones is 1. The third kappa shape index (κ3) is 3.78. The zero-order chi connectivity index (χ0) is 13.9. The van der Waals surface area contributed by atoms with E-state index in [1.165, 1.54) is 0 Å². The Hall–Kier alpha value is -0.420. The Kier molecular flexibility index (Phi) is 5.01. The molecule has 110 valence electrons. The maximum absolute atomic E-state index is 12.0. The van der Waals surface area contributed by atoms with Gasteiger partial charge in [-0.15, -0.1) is 0 Å². The van der Waals surface area contributed by atoms with Gasteiger partial charge in [0.1, 0.15) is 5.78 Å². The Bertz CT molecular complexity index is 418. The summed E-state index contributed by atoms with van der Waals surface area (Å²) in [5.41, 5.74) is 0. The Morgan fingerprint density at radius 1 is 1.21 bits per heavy atom. The van der Waals surface area contributed by atoms with Gasteiger partial charge in [-0.25, -0.2) is 8.42 Å². The largest absolute Gasteiger partial charge is 0.299 e. The molecule has 4 nitrogen and oxygen atoms in total. The fraction of sp³-hybridized carbons (Fsp3) is 0.929. The summed E-state index contributed by atoms with van der Waals surface area (Å²) in [5.74, 6) is 1.02. The van der Waals surface area contributed by atoms with E-state index in [9.17, 15) is 13.2 Å². The van der Waals surface area contributed by atoms with E-state index in [0.717, 1.165) is 45.1 Å². The lowest BCUT2D eigenvalue weighted by molar-refractivity contribution is -0.126. The third-order valence-corrected chi connectivity index (χ3v) is 6.29. The van der Waals surface area contributed by atoms with Crippen molar-refractivity contribution in [2.75, 3.05) is 24.6 Å². The zero-order valence-electron chi connectivity index (χ0n) is 11.8. The maximum Gasteiger partial charge on any atom is 0.151 e. The topological polar surface area (TPSA) is 54.5 Å². The number of carbonyl (C=O) groups excluding carboxylic acids is 1. The Balaban J connectivity index is 1.95. The summed E-state index contributed by atoms with van der Waals surface area (Å²) < 4.78 is 23.2. The summed E-state index contributed by atoms with van der Waals surface area (Å²) in [6.07, 6.45) is 6.06. The van der Waals surface area contributed by atoms with Crippen molar-refractivity contribution in [2.45, 2.75) is 51.5 Å². The van der Waals surface area contributed by atoms with Crippen LogP contribution >= 0.6 is 0 Å². The highest BCUT2D eigenvalue weighted by molar-refractivity contribution is 7.91. The molecule has 0 aromatic heterocycles. The van der Waals surface area contributed by atoms with Crippen molar-refractivity contribution in [3.8, 4) is 0 Å². The van der Waals surface area contributed by atoms with Gasteiger partial charge in [-0.2, -0.15) is 0 Å². The van der Waals surface area contributed by atoms with Crippen molar-refractivity contribution in [2.24, 2.45) is 5.92 Å². The highest BCUT2D eigenvalue weighted by Gasteiger charge is 2.36. The average molecular weight is 287 g/mol. The molecule has 0 N–H and O–H groups in total. The quantitative estimate of drug-likeness (QED) is 0.771. The molecule has 0 amide bonds.